The van der Waals surface area contributed by atoms with Crippen LogP contribution in [0.2, 0.25) is 20.1 Å². The van der Waals surface area contributed by atoms with Crippen molar-refractivity contribution in [2.24, 2.45) is 17.6 Å². The van der Waals surface area contributed by atoms with Crippen molar-refractivity contribution in [2.75, 3.05) is 40.3 Å². The second-order valence-corrected chi connectivity index (χ2v) is 24.5. The molecule has 0 saturated heterocycles. The fourth-order valence-electron chi connectivity index (χ4n) is 10.0. The average Bonchev–Trinajstić information content (AvgIpc) is 1.18. The van der Waals surface area contributed by atoms with E-state index < -0.39 is 35.9 Å². The molecule has 0 unspecified atom stereocenters. The molecule has 23 heteroatoms. The minimum atomic E-state index is -1.19. The molecule has 2 aliphatic heterocycles. The third kappa shape index (κ3) is 23.1. The van der Waals surface area contributed by atoms with Crippen LogP contribution in [-0.4, -0.2) is 125 Å². The lowest BCUT2D eigenvalue weighted by Gasteiger charge is -2.28. The van der Waals surface area contributed by atoms with Gasteiger partial charge in [-0.05, 0) is 96.9 Å². The van der Waals surface area contributed by atoms with Crippen molar-refractivity contribution in [1.82, 2.24) is 24.9 Å². The van der Waals surface area contributed by atoms with Crippen molar-refractivity contribution in [1.29, 1.82) is 0 Å². The zero-order valence-electron chi connectivity index (χ0n) is 52.6. The number of benzene rings is 6. The highest BCUT2D eigenvalue weighted by Gasteiger charge is 2.34. The van der Waals surface area contributed by atoms with Crippen LogP contribution in [0, 0.1) is 35.5 Å². The van der Waals surface area contributed by atoms with Gasteiger partial charge in [-0.25, -0.2) is 9.59 Å². The molecule has 2 heterocycles. The number of fused-ring (bicyclic) bond motifs is 2. The molecule has 2 saturated carbocycles. The molecule has 0 radical (unpaired) electrons. The van der Waals surface area contributed by atoms with E-state index in [1.165, 1.54) is 12.1 Å². The number of rotatable bonds is 21. The van der Waals surface area contributed by atoms with Crippen molar-refractivity contribution in [3.63, 3.8) is 0 Å². The van der Waals surface area contributed by atoms with Crippen LogP contribution in [0.4, 0.5) is 0 Å². The number of carboxylic acid groups (broad SMARTS) is 1. The highest BCUT2D eigenvalue weighted by molar-refractivity contribution is 7.59. The summed E-state index contributed by atoms with van der Waals surface area (Å²) in [6.45, 7) is 2.70. The monoisotopic (exact) mass is 1420 g/mol. The van der Waals surface area contributed by atoms with E-state index in [0.29, 0.717) is 86.2 Å². The van der Waals surface area contributed by atoms with Crippen LogP contribution in [-0.2, 0) is 67.8 Å². The minimum Gasteiger partial charge on any atom is -0.478 e. The summed E-state index contributed by atoms with van der Waals surface area (Å²) in [7, 11) is 3.43. The van der Waals surface area contributed by atoms with Gasteiger partial charge in [0.2, 0.25) is 11.8 Å². The Labute approximate surface area is 595 Å². The number of ether oxygens (including phenoxy) is 2. The number of hydrogen-bond acceptors (Lipinski definition) is 11. The number of hydrogen-bond donors (Lipinski definition) is 3. The molecule has 6 aromatic rings. The van der Waals surface area contributed by atoms with E-state index in [2.05, 4.69) is 29.0 Å². The van der Waals surface area contributed by atoms with Crippen LogP contribution < -0.4 is 11.1 Å². The first-order chi connectivity index (χ1) is 44.8. The first-order valence-corrected chi connectivity index (χ1v) is 32.1. The van der Waals surface area contributed by atoms with Gasteiger partial charge in [0.1, 0.15) is 25.3 Å². The van der Waals surface area contributed by atoms with Gasteiger partial charge in [0.05, 0.1) is 44.3 Å². The van der Waals surface area contributed by atoms with E-state index in [4.69, 9.17) is 66.7 Å². The summed E-state index contributed by atoms with van der Waals surface area (Å²) in [6.07, 6.45) is 5.88. The number of nitrogens with zero attached hydrogens (tertiary/aromatic N) is 4. The quantitative estimate of drug-likeness (QED) is 0.0452. The van der Waals surface area contributed by atoms with Crippen molar-refractivity contribution in [2.45, 2.75) is 110 Å². The van der Waals surface area contributed by atoms with Crippen molar-refractivity contribution in [3.8, 4) is 23.7 Å². The van der Waals surface area contributed by atoms with Gasteiger partial charge < -0.3 is 45.2 Å². The number of nitrogens with one attached hydrogen (secondary N) is 1. The molecule has 2 atom stereocenters. The largest absolute Gasteiger partial charge is 0.478 e. The van der Waals surface area contributed by atoms with E-state index >= 15 is 0 Å². The molecule has 6 aromatic carbocycles. The lowest BCUT2D eigenvalue weighted by atomic mass is 9.95. The third-order valence-corrected chi connectivity index (χ3v) is 17.1. The molecule has 2 fully saturated rings. The Hall–Kier alpha value is -7.98. The number of aromatic carboxylic acids is 1. The number of nitrogens with two attached hydrogens (primary N) is 1. The van der Waals surface area contributed by atoms with Crippen LogP contribution >= 0.6 is 73.4 Å². The Morgan fingerprint density at radius 2 is 0.958 bits per heavy atom. The maximum absolute atomic E-state index is 13.6. The maximum Gasteiger partial charge on any atom is 0.338 e. The second kappa shape index (κ2) is 38.7. The van der Waals surface area contributed by atoms with E-state index in [0.717, 1.165) is 47.9 Å². The first-order valence-electron chi connectivity index (χ1n) is 30.6. The highest BCUT2D eigenvalue weighted by atomic mass is 35.5. The van der Waals surface area contributed by atoms with Crippen LogP contribution in [0.5, 0.6) is 0 Å². The molecular weight excluding hydrogens is 1340 g/mol. The minimum absolute atomic E-state index is 0. The Morgan fingerprint density at radius 3 is 1.36 bits per heavy atom. The molecule has 4 N–H and O–H groups in total. The number of carbonyl (C=O) groups is 8. The van der Waals surface area contributed by atoms with Gasteiger partial charge in [0.25, 0.3) is 17.7 Å². The third-order valence-electron chi connectivity index (χ3n) is 15.7. The predicted octanol–water partition coefficient (Wildman–Crippen LogP) is 12.1. The van der Waals surface area contributed by atoms with Crippen molar-refractivity contribution < 1.29 is 52.9 Å². The molecule has 0 aromatic heterocycles. The van der Waals surface area contributed by atoms with Gasteiger partial charge in [-0.2, -0.15) is 27.0 Å². The molecule has 0 bridgehead atoms. The fourth-order valence-corrected chi connectivity index (χ4v) is 11.5. The molecule has 0 spiro atoms. The lowest BCUT2D eigenvalue weighted by Crippen LogP contribution is -2.43. The number of carboxylic acids is 1. The van der Waals surface area contributed by atoms with Gasteiger partial charge >= 0.3 is 17.9 Å². The molecule has 96 heavy (non-hydrogen) atoms. The van der Waals surface area contributed by atoms with Crippen molar-refractivity contribution >= 4 is 121 Å². The standard InChI is InChI=1S/C36H35Cl2N3O5.C20H24N2O3.C16H13Cl2NO3.CH4.2H2S/c1-40(22-25-9-4-2-5-10-25)31(42)17-16-30(36(45)46-23-26-11-6-3-7-12-26)39-34(43)32-29(37)21-28-27(33(32)38)18-20-41(35(28)44)19-8-13-24-14-15-24;1-22(14-16-8-4-2-5-9-16)19(23)13-12-18(21)20(24)25-15-17-10-6-3-7-11-17;17-12-8-11-10(14(18)13(12)16(21)22)5-7-19(15(11)20)6-1-2-9-3-4-9;;;/h2-7,9-12,21,24,30H,14-20,22-23H2,1H3,(H,39,43);2-11,18H,12-15,21H2,1H3;8-9H,3-7H2,(H,21,22);1H4;2*1H2/t30-;18-;;;;/m00..../s1. The summed E-state index contributed by atoms with van der Waals surface area (Å²) >= 11 is 25.4. The van der Waals surface area contributed by atoms with Gasteiger partial charge in [-0.1, -0.05) is 199 Å². The summed E-state index contributed by atoms with van der Waals surface area (Å²) in [4.78, 5) is 107. The molecule has 508 valence electrons. The van der Waals surface area contributed by atoms with Gasteiger partial charge in [-0.3, -0.25) is 28.8 Å². The summed E-state index contributed by atoms with van der Waals surface area (Å²) < 4.78 is 10.7. The summed E-state index contributed by atoms with van der Waals surface area (Å²) in [6, 6.07) is 38.7. The highest BCUT2D eigenvalue weighted by Crippen LogP contribution is 2.37. The normalized spacial score (nSPS) is 13.8. The average molecular weight is 1420 g/mol. The Balaban J connectivity index is 0.000000282. The Morgan fingerprint density at radius 1 is 0.583 bits per heavy atom. The van der Waals surface area contributed by atoms with Gasteiger partial charge in [0.15, 0.2) is 0 Å². The second-order valence-electron chi connectivity index (χ2n) is 23.0. The summed E-state index contributed by atoms with van der Waals surface area (Å²) in [5, 5.41) is 11.9. The van der Waals surface area contributed by atoms with E-state index in [1.807, 2.05) is 121 Å². The molecule has 5 amide bonds. The Bertz CT molecular complexity index is 3830. The van der Waals surface area contributed by atoms with Gasteiger partial charge in [-0.15, -0.1) is 0 Å². The predicted molar refractivity (Wildman–Crippen MR) is 384 cm³/mol. The molecule has 10 rings (SSSR count). The van der Waals surface area contributed by atoms with E-state index in [-0.39, 0.29) is 128 Å². The molecule has 2 aliphatic carbocycles. The molecular formula is C73H80Cl4N6O11S2. The molecule has 4 aliphatic rings. The van der Waals surface area contributed by atoms with Crippen LogP contribution in [0.15, 0.2) is 133 Å². The summed E-state index contributed by atoms with van der Waals surface area (Å²) in [5.74, 6) is 9.56. The number of halogens is 4. The zero-order valence-corrected chi connectivity index (χ0v) is 57.7. The topological polar surface area (TPSA) is 226 Å². The van der Waals surface area contributed by atoms with Crippen LogP contribution in [0.25, 0.3) is 0 Å². The zero-order chi connectivity index (χ0) is 66.6. The lowest BCUT2D eigenvalue weighted by molar-refractivity contribution is -0.148. The van der Waals surface area contributed by atoms with E-state index in [1.54, 1.807) is 33.7 Å². The van der Waals surface area contributed by atoms with Crippen molar-refractivity contribution in [3.05, 3.63) is 209 Å². The number of esters is 2. The SMILES string of the molecule is C.CN(Cc1ccccc1)C(=O)CC[C@H](N)C(=O)OCc1ccccc1.CN(Cc1ccccc1)C(=O)CC[C@H](NC(=O)c1c(Cl)cc2c(c1Cl)CCN(CC#CC1CC1)C2=O)C(=O)OCc1ccccc1.O=C(O)c1c(Cl)cc2c(c1Cl)CCN(CC#CC1CC1)C2=O.S.S. The van der Waals surface area contributed by atoms with Crippen LogP contribution in [0.3, 0.4) is 0 Å². The number of amides is 5. The molecule has 17 nitrogen and oxygen atoms in total. The van der Waals surface area contributed by atoms with E-state index in [9.17, 15) is 38.4 Å². The van der Waals surface area contributed by atoms with Gasteiger partial charge in [0, 0.05) is 76.1 Å². The van der Waals surface area contributed by atoms with Crippen LogP contribution in [0.1, 0.15) is 134 Å². The maximum atomic E-state index is 13.6. The summed E-state index contributed by atoms with van der Waals surface area (Å²) in [5.41, 5.74) is 11.1. The number of carbonyl (C=O) groups excluding carboxylic acids is 7. The smallest absolute Gasteiger partial charge is 0.338 e. The first kappa shape index (κ1) is 78.7. The Kier molecular flexibility index (Phi) is 31.7. The fraction of sp³-hybridized carbons (Fsp3) is 0.342.